The van der Waals surface area contributed by atoms with E-state index in [9.17, 15) is 4.79 Å². The first-order valence-corrected chi connectivity index (χ1v) is 4.83. The Morgan fingerprint density at radius 3 is 3.21 bits per heavy atom. The molecular formula is C8H8N4OS. The highest BCUT2D eigenvalue weighted by Gasteiger charge is 1.95. The molecule has 0 aliphatic rings. The van der Waals surface area contributed by atoms with Crippen LogP contribution >= 0.6 is 11.3 Å². The number of aromatic nitrogens is 1. The van der Waals surface area contributed by atoms with Gasteiger partial charge in [0.2, 0.25) is 0 Å². The van der Waals surface area contributed by atoms with Crippen LogP contribution in [-0.2, 0) is 0 Å². The van der Waals surface area contributed by atoms with Crippen molar-refractivity contribution in [2.24, 2.45) is 5.11 Å². The van der Waals surface area contributed by atoms with E-state index in [1.807, 2.05) is 6.08 Å². The van der Waals surface area contributed by atoms with E-state index in [0.29, 0.717) is 18.0 Å². The predicted octanol–water partition coefficient (Wildman–Crippen LogP) is 2.67. The highest BCUT2D eigenvalue weighted by atomic mass is 32.1. The normalized spacial score (nSPS) is 10.0. The lowest BCUT2D eigenvalue weighted by atomic mass is 10.3. The molecule has 0 saturated carbocycles. The van der Waals surface area contributed by atoms with E-state index in [4.69, 9.17) is 5.53 Å². The van der Waals surface area contributed by atoms with Crippen molar-refractivity contribution in [3.05, 3.63) is 32.6 Å². The topological polar surface area (TPSA) is 78.7 Å². The molecule has 1 aromatic heterocycles. The zero-order valence-corrected chi connectivity index (χ0v) is 8.15. The summed E-state index contributed by atoms with van der Waals surface area (Å²) >= 11 is 1.31. The lowest BCUT2D eigenvalue weighted by Gasteiger charge is -1.83. The summed E-state index contributed by atoms with van der Waals surface area (Å²) in [5.74, 6) is 0. The van der Waals surface area contributed by atoms with Gasteiger partial charge in [-0.1, -0.05) is 11.2 Å². The SMILES string of the molecule is [N-]=[N+]=NCCC=Cc1csc(C=O)n1. The number of carbonyl (C=O) groups excluding carboxylic acids is 1. The first-order chi connectivity index (χ1) is 6.86. The molecule has 0 fully saturated rings. The smallest absolute Gasteiger partial charge is 0.178 e. The number of rotatable bonds is 5. The van der Waals surface area contributed by atoms with Gasteiger partial charge in [0, 0.05) is 16.8 Å². The Morgan fingerprint density at radius 2 is 2.57 bits per heavy atom. The first kappa shape index (κ1) is 10.4. The zero-order valence-electron chi connectivity index (χ0n) is 7.33. The fourth-order valence-electron chi connectivity index (χ4n) is 0.812. The van der Waals surface area contributed by atoms with Gasteiger partial charge in [0.25, 0.3) is 0 Å². The van der Waals surface area contributed by atoms with E-state index in [-0.39, 0.29) is 0 Å². The second-order valence-corrected chi connectivity index (χ2v) is 3.26. The van der Waals surface area contributed by atoms with Crippen LogP contribution in [0.5, 0.6) is 0 Å². The molecule has 1 aromatic rings. The molecular weight excluding hydrogens is 200 g/mol. The largest absolute Gasteiger partial charge is 0.295 e. The van der Waals surface area contributed by atoms with Gasteiger partial charge in [-0.15, -0.1) is 11.3 Å². The number of aldehydes is 1. The lowest BCUT2D eigenvalue weighted by molar-refractivity contribution is 0.112. The number of hydrogen-bond donors (Lipinski definition) is 0. The Balaban J connectivity index is 2.43. The number of thiazole rings is 1. The third-order valence-electron chi connectivity index (χ3n) is 1.39. The fourth-order valence-corrected chi connectivity index (χ4v) is 1.40. The van der Waals surface area contributed by atoms with Gasteiger partial charge >= 0.3 is 0 Å². The van der Waals surface area contributed by atoms with Crippen molar-refractivity contribution in [1.29, 1.82) is 0 Å². The minimum Gasteiger partial charge on any atom is -0.295 e. The number of nitrogens with zero attached hydrogens (tertiary/aromatic N) is 4. The second-order valence-electron chi connectivity index (χ2n) is 2.37. The van der Waals surface area contributed by atoms with E-state index in [1.165, 1.54) is 11.3 Å². The molecule has 0 radical (unpaired) electrons. The molecule has 14 heavy (non-hydrogen) atoms. The molecule has 1 rings (SSSR count). The first-order valence-electron chi connectivity index (χ1n) is 3.95. The average Bonchev–Trinajstić information content (AvgIpc) is 2.65. The van der Waals surface area contributed by atoms with Gasteiger partial charge in [0.05, 0.1) is 5.69 Å². The van der Waals surface area contributed by atoms with E-state index < -0.39 is 0 Å². The van der Waals surface area contributed by atoms with E-state index in [0.717, 1.165) is 12.0 Å². The monoisotopic (exact) mass is 208 g/mol. The molecule has 0 aromatic carbocycles. The standard InChI is InChI=1S/C8H8N4OS/c9-12-10-4-2-1-3-7-6-14-8(5-13)11-7/h1,3,5-6H,2,4H2. The molecule has 0 aliphatic heterocycles. The maximum Gasteiger partial charge on any atom is 0.178 e. The van der Waals surface area contributed by atoms with Crippen LogP contribution in [0.3, 0.4) is 0 Å². The third-order valence-corrected chi connectivity index (χ3v) is 2.18. The van der Waals surface area contributed by atoms with Crippen molar-refractivity contribution in [3.63, 3.8) is 0 Å². The maximum atomic E-state index is 10.3. The van der Waals surface area contributed by atoms with Crippen LogP contribution in [0.4, 0.5) is 0 Å². The van der Waals surface area contributed by atoms with Crippen molar-refractivity contribution in [3.8, 4) is 0 Å². The van der Waals surface area contributed by atoms with E-state index in [2.05, 4.69) is 15.0 Å². The summed E-state index contributed by atoms with van der Waals surface area (Å²) < 4.78 is 0. The van der Waals surface area contributed by atoms with Crippen molar-refractivity contribution < 1.29 is 4.79 Å². The molecule has 0 aliphatic carbocycles. The van der Waals surface area contributed by atoms with Crippen LogP contribution in [0.25, 0.3) is 16.5 Å². The number of hydrogen-bond acceptors (Lipinski definition) is 4. The van der Waals surface area contributed by atoms with Crippen LogP contribution in [0.1, 0.15) is 21.9 Å². The minimum absolute atomic E-state index is 0.442. The van der Waals surface area contributed by atoms with E-state index in [1.54, 1.807) is 11.5 Å². The Bertz CT molecular complexity index is 378. The summed E-state index contributed by atoms with van der Waals surface area (Å²) in [5.41, 5.74) is 8.76. The quantitative estimate of drug-likeness (QED) is 0.245. The molecule has 0 N–H and O–H groups in total. The molecule has 0 spiro atoms. The number of carbonyl (C=O) groups is 1. The summed E-state index contributed by atoms with van der Waals surface area (Å²) in [4.78, 5) is 16.9. The second kappa shape index (κ2) is 5.90. The summed E-state index contributed by atoms with van der Waals surface area (Å²) in [6, 6.07) is 0. The maximum absolute atomic E-state index is 10.3. The van der Waals surface area contributed by atoms with Crippen LogP contribution < -0.4 is 0 Å². The van der Waals surface area contributed by atoms with Gasteiger partial charge < -0.3 is 0 Å². The predicted molar refractivity (Wildman–Crippen MR) is 55.2 cm³/mol. The van der Waals surface area contributed by atoms with Gasteiger partial charge in [0.15, 0.2) is 11.3 Å². The molecule has 0 bridgehead atoms. The Kier molecular flexibility index (Phi) is 4.40. The van der Waals surface area contributed by atoms with Crippen LogP contribution in [0.2, 0.25) is 0 Å². The average molecular weight is 208 g/mol. The summed E-state index contributed by atoms with van der Waals surface area (Å²) in [6.07, 6.45) is 5.06. The van der Waals surface area contributed by atoms with Crippen molar-refractivity contribution >= 4 is 23.7 Å². The lowest BCUT2D eigenvalue weighted by Crippen LogP contribution is -1.77. The molecule has 72 valence electrons. The Hall–Kier alpha value is -1.65. The van der Waals surface area contributed by atoms with E-state index >= 15 is 0 Å². The fraction of sp³-hybridized carbons (Fsp3) is 0.250. The van der Waals surface area contributed by atoms with Gasteiger partial charge in [-0.2, -0.15) is 0 Å². The molecule has 0 amide bonds. The molecule has 1 heterocycles. The van der Waals surface area contributed by atoms with Crippen LogP contribution in [0, 0.1) is 0 Å². The number of azide groups is 1. The molecule has 0 unspecified atom stereocenters. The van der Waals surface area contributed by atoms with Crippen molar-refractivity contribution in [2.45, 2.75) is 6.42 Å². The van der Waals surface area contributed by atoms with Gasteiger partial charge in [-0.3, -0.25) is 4.79 Å². The summed E-state index contributed by atoms with van der Waals surface area (Å²) in [7, 11) is 0. The summed E-state index contributed by atoms with van der Waals surface area (Å²) in [6.45, 7) is 0.442. The highest BCUT2D eigenvalue weighted by molar-refractivity contribution is 7.11. The van der Waals surface area contributed by atoms with Gasteiger partial charge in [-0.25, -0.2) is 4.98 Å². The zero-order chi connectivity index (χ0) is 10.2. The summed E-state index contributed by atoms with van der Waals surface area (Å²) in [5, 5.41) is 5.65. The van der Waals surface area contributed by atoms with Crippen molar-refractivity contribution in [2.75, 3.05) is 6.54 Å². The molecule has 0 atom stereocenters. The third kappa shape index (κ3) is 3.38. The molecule has 0 saturated heterocycles. The van der Waals surface area contributed by atoms with Crippen LogP contribution in [0.15, 0.2) is 16.6 Å². The van der Waals surface area contributed by atoms with Gasteiger partial charge in [-0.05, 0) is 18.0 Å². The minimum atomic E-state index is 0.442. The Labute approximate surface area is 84.7 Å². The van der Waals surface area contributed by atoms with Crippen molar-refractivity contribution in [1.82, 2.24) is 4.98 Å². The highest BCUT2D eigenvalue weighted by Crippen LogP contribution is 2.08. The van der Waals surface area contributed by atoms with Crippen LogP contribution in [-0.4, -0.2) is 17.8 Å². The molecule has 5 nitrogen and oxygen atoms in total. The Morgan fingerprint density at radius 1 is 1.71 bits per heavy atom. The molecule has 6 heteroatoms. The van der Waals surface area contributed by atoms with Gasteiger partial charge in [0.1, 0.15) is 0 Å².